The van der Waals surface area contributed by atoms with Gasteiger partial charge in [-0.2, -0.15) is 0 Å². The van der Waals surface area contributed by atoms with Gasteiger partial charge in [-0.05, 0) is 25.0 Å². The molecule has 0 aromatic rings. The molecular formula is C12H18O2. The minimum atomic E-state index is -0.799. The lowest BCUT2D eigenvalue weighted by Crippen LogP contribution is -2.43. The Morgan fingerprint density at radius 1 is 1.57 bits per heavy atom. The van der Waals surface area contributed by atoms with E-state index in [0.29, 0.717) is 0 Å². The van der Waals surface area contributed by atoms with E-state index >= 15 is 0 Å². The normalized spacial score (nSPS) is 26.5. The molecule has 0 fully saturated rings. The second-order valence-corrected chi connectivity index (χ2v) is 3.98. The van der Waals surface area contributed by atoms with Gasteiger partial charge in [0.2, 0.25) is 0 Å². The van der Waals surface area contributed by atoms with Crippen LogP contribution in [0.5, 0.6) is 0 Å². The minimum Gasteiger partial charge on any atom is -0.362 e. The third kappa shape index (κ3) is 1.67. The third-order valence-corrected chi connectivity index (χ3v) is 2.71. The number of ketones is 1. The molecule has 0 amide bonds. The van der Waals surface area contributed by atoms with E-state index in [-0.39, 0.29) is 11.7 Å². The van der Waals surface area contributed by atoms with Crippen LogP contribution in [-0.4, -0.2) is 18.5 Å². The van der Waals surface area contributed by atoms with Crippen LogP contribution < -0.4 is 0 Å². The Hall–Kier alpha value is -0.890. The highest BCUT2D eigenvalue weighted by Gasteiger charge is 2.39. The molecular weight excluding hydrogens is 176 g/mol. The van der Waals surface area contributed by atoms with Crippen LogP contribution in [0.4, 0.5) is 0 Å². The molecule has 78 valence electrons. The van der Waals surface area contributed by atoms with Gasteiger partial charge in [0.25, 0.3) is 0 Å². The zero-order valence-electron chi connectivity index (χ0n) is 9.33. The van der Waals surface area contributed by atoms with E-state index in [2.05, 4.69) is 0 Å². The van der Waals surface area contributed by atoms with Gasteiger partial charge in [0.05, 0.1) is 0 Å². The van der Waals surface area contributed by atoms with E-state index in [0.717, 1.165) is 12.0 Å². The van der Waals surface area contributed by atoms with Gasteiger partial charge in [0.15, 0.2) is 11.4 Å². The Morgan fingerprint density at radius 3 is 2.64 bits per heavy atom. The number of hydrogen-bond donors (Lipinski definition) is 0. The summed E-state index contributed by atoms with van der Waals surface area (Å²) in [4.78, 5) is 12.0. The van der Waals surface area contributed by atoms with Crippen LogP contribution in [0.3, 0.4) is 0 Å². The molecule has 0 aromatic carbocycles. The lowest BCUT2D eigenvalue weighted by Gasteiger charge is -2.32. The average molecular weight is 194 g/mol. The fourth-order valence-corrected chi connectivity index (χ4v) is 1.80. The summed E-state index contributed by atoms with van der Waals surface area (Å²) in [6.07, 6.45) is 6.80. The molecule has 0 saturated heterocycles. The van der Waals surface area contributed by atoms with Crippen molar-refractivity contribution in [1.29, 1.82) is 0 Å². The minimum absolute atomic E-state index is 0.0129. The van der Waals surface area contributed by atoms with Crippen LogP contribution in [0.15, 0.2) is 23.8 Å². The maximum Gasteiger partial charge on any atom is 0.175 e. The molecule has 0 heterocycles. The highest BCUT2D eigenvalue weighted by Crippen LogP contribution is 2.30. The Kier molecular flexibility index (Phi) is 3.27. The average Bonchev–Trinajstić information content (AvgIpc) is 2.18. The molecule has 2 heteroatoms. The Morgan fingerprint density at radius 2 is 2.21 bits per heavy atom. The molecule has 2 nitrogen and oxygen atoms in total. The van der Waals surface area contributed by atoms with Gasteiger partial charge in [-0.3, -0.25) is 4.79 Å². The second kappa shape index (κ2) is 4.09. The zero-order valence-corrected chi connectivity index (χ0v) is 9.33. The van der Waals surface area contributed by atoms with Crippen LogP contribution in [0.2, 0.25) is 0 Å². The van der Waals surface area contributed by atoms with E-state index in [4.69, 9.17) is 4.74 Å². The van der Waals surface area contributed by atoms with Gasteiger partial charge in [-0.25, -0.2) is 0 Å². The predicted octanol–water partition coefficient (Wildman–Crippen LogP) is 2.50. The van der Waals surface area contributed by atoms with Crippen molar-refractivity contribution in [3.05, 3.63) is 23.8 Å². The quantitative estimate of drug-likeness (QED) is 0.645. The predicted molar refractivity (Wildman–Crippen MR) is 57.1 cm³/mol. The number of Topliss-reactive ketones (excluding diaryl/α,β-unsaturated/α-hetero) is 1. The number of ether oxygens (including phenoxy) is 1. The van der Waals surface area contributed by atoms with Gasteiger partial charge in [0.1, 0.15) is 0 Å². The first kappa shape index (κ1) is 11.2. The van der Waals surface area contributed by atoms with Crippen LogP contribution in [0.25, 0.3) is 0 Å². The summed E-state index contributed by atoms with van der Waals surface area (Å²) >= 11 is 0. The smallest absolute Gasteiger partial charge is 0.175 e. The molecule has 0 aliphatic heterocycles. The number of carbonyl (C=O) groups excluding carboxylic acids is 1. The molecule has 0 spiro atoms. The maximum absolute atomic E-state index is 12.0. The number of rotatable bonds is 3. The van der Waals surface area contributed by atoms with E-state index in [1.165, 1.54) is 0 Å². The molecule has 0 N–H and O–H groups in total. The summed E-state index contributed by atoms with van der Waals surface area (Å²) in [6, 6.07) is 0. The van der Waals surface area contributed by atoms with Crippen molar-refractivity contribution in [2.45, 2.75) is 32.8 Å². The number of allylic oxidation sites excluding steroid dienone is 2. The first-order chi connectivity index (χ1) is 6.54. The van der Waals surface area contributed by atoms with Crippen molar-refractivity contribution in [2.24, 2.45) is 5.92 Å². The summed E-state index contributed by atoms with van der Waals surface area (Å²) in [5.74, 6) is 0.116. The largest absolute Gasteiger partial charge is 0.362 e. The van der Waals surface area contributed by atoms with Crippen molar-refractivity contribution < 1.29 is 9.53 Å². The lowest BCUT2D eigenvalue weighted by molar-refractivity contribution is -0.135. The number of carbonyl (C=O) groups is 1. The lowest BCUT2D eigenvalue weighted by atomic mass is 9.81. The van der Waals surface area contributed by atoms with E-state index in [1.807, 2.05) is 39.0 Å². The molecule has 0 bridgehead atoms. The van der Waals surface area contributed by atoms with Gasteiger partial charge < -0.3 is 4.74 Å². The second-order valence-electron chi connectivity index (χ2n) is 3.98. The molecule has 14 heavy (non-hydrogen) atoms. The van der Waals surface area contributed by atoms with Gasteiger partial charge in [0, 0.05) is 13.0 Å². The first-order valence-corrected chi connectivity index (χ1v) is 4.99. The van der Waals surface area contributed by atoms with Crippen LogP contribution in [0, 0.1) is 5.92 Å². The summed E-state index contributed by atoms with van der Waals surface area (Å²) in [5.41, 5.74) is 0.202. The molecule has 1 aliphatic rings. The van der Waals surface area contributed by atoms with Gasteiger partial charge in [-0.15, -0.1) is 0 Å². The third-order valence-electron chi connectivity index (χ3n) is 2.71. The Bertz CT molecular complexity index is 287. The molecule has 1 atom stereocenters. The van der Waals surface area contributed by atoms with E-state index in [9.17, 15) is 4.79 Å². The SMILES string of the molecule is COC1(C(=O)C(C)C)C=CCC=C1C. The summed E-state index contributed by atoms with van der Waals surface area (Å²) in [6.45, 7) is 5.75. The molecule has 1 aliphatic carbocycles. The van der Waals surface area contributed by atoms with Crippen molar-refractivity contribution in [2.75, 3.05) is 7.11 Å². The highest BCUT2D eigenvalue weighted by atomic mass is 16.5. The molecule has 1 rings (SSSR count). The summed E-state index contributed by atoms with van der Waals surface area (Å²) < 4.78 is 5.41. The molecule has 0 aromatic heterocycles. The van der Waals surface area contributed by atoms with E-state index in [1.54, 1.807) is 7.11 Å². The van der Waals surface area contributed by atoms with Crippen LogP contribution in [-0.2, 0) is 9.53 Å². The summed E-state index contributed by atoms with van der Waals surface area (Å²) in [5, 5.41) is 0. The summed E-state index contributed by atoms with van der Waals surface area (Å²) in [7, 11) is 1.59. The molecule has 0 saturated carbocycles. The van der Waals surface area contributed by atoms with Crippen molar-refractivity contribution in [3.63, 3.8) is 0 Å². The van der Waals surface area contributed by atoms with Gasteiger partial charge in [-0.1, -0.05) is 26.0 Å². The highest BCUT2D eigenvalue weighted by molar-refractivity contribution is 5.94. The van der Waals surface area contributed by atoms with Crippen LogP contribution >= 0.6 is 0 Å². The monoisotopic (exact) mass is 194 g/mol. The van der Waals surface area contributed by atoms with Crippen LogP contribution in [0.1, 0.15) is 27.2 Å². The fraction of sp³-hybridized carbons (Fsp3) is 0.583. The Labute approximate surface area is 85.6 Å². The van der Waals surface area contributed by atoms with E-state index < -0.39 is 5.60 Å². The number of hydrogen-bond acceptors (Lipinski definition) is 2. The zero-order chi connectivity index (χ0) is 10.8. The van der Waals surface area contributed by atoms with Gasteiger partial charge >= 0.3 is 0 Å². The maximum atomic E-state index is 12.0. The fourth-order valence-electron chi connectivity index (χ4n) is 1.80. The van der Waals surface area contributed by atoms with Crippen molar-refractivity contribution in [3.8, 4) is 0 Å². The topological polar surface area (TPSA) is 26.3 Å². The molecule has 0 radical (unpaired) electrons. The Balaban J connectivity index is 3.07. The van der Waals surface area contributed by atoms with Crippen molar-refractivity contribution in [1.82, 2.24) is 0 Å². The standard InChI is InChI=1S/C12H18O2/c1-9(2)11(13)12(14-4)8-6-5-7-10(12)3/h6-9H,5H2,1-4H3. The molecule has 1 unspecified atom stereocenters. The van der Waals surface area contributed by atoms with Crippen molar-refractivity contribution >= 4 is 5.78 Å². The first-order valence-electron chi connectivity index (χ1n) is 4.99. The number of methoxy groups -OCH3 is 1.